The first-order chi connectivity index (χ1) is 9.10. The van der Waals surface area contributed by atoms with Gasteiger partial charge in [-0.15, -0.1) is 0 Å². The van der Waals surface area contributed by atoms with Gasteiger partial charge in [0.05, 0.1) is 17.3 Å². The van der Waals surface area contributed by atoms with Gasteiger partial charge in [0.25, 0.3) is 0 Å². The lowest BCUT2D eigenvalue weighted by Gasteiger charge is -2.09. The fraction of sp³-hybridized carbons (Fsp3) is 0.308. The number of phenols is 1. The van der Waals surface area contributed by atoms with Crippen LogP contribution in [0, 0.1) is 6.92 Å². The summed E-state index contributed by atoms with van der Waals surface area (Å²) in [6.45, 7) is 3.12. The molecule has 2 N–H and O–H groups in total. The minimum atomic E-state index is 0.110. The Morgan fingerprint density at radius 2 is 2.16 bits per heavy atom. The Labute approximate surface area is 119 Å². The van der Waals surface area contributed by atoms with Crippen molar-refractivity contribution in [1.82, 2.24) is 10.5 Å². The first kappa shape index (κ1) is 13.9. The molecule has 102 valence electrons. The van der Waals surface area contributed by atoms with E-state index in [9.17, 15) is 5.11 Å². The largest absolute Gasteiger partial charge is 0.503 e. The summed E-state index contributed by atoms with van der Waals surface area (Å²) in [4.78, 5) is 0. The number of benzene rings is 1. The molecule has 0 aliphatic heterocycles. The van der Waals surface area contributed by atoms with Crippen molar-refractivity contribution in [2.24, 2.45) is 0 Å². The molecular weight excluding hydrogens is 312 g/mol. The SMILES string of the molecule is COc1cc(CNCc2cc(C)on2)cc(Br)c1O. The first-order valence-corrected chi connectivity index (χ1v) is 6.57. The molecule has 1 aromatic heterocycles. The van der Waals surface area contributed by atoms with Gasteiger partial charge in [-0.3, -0.25) is 0 Å². The van der Waals surface area contributed by atoms with Gasteiger partial charge in [0.15, 0.2) is 11.5 Å². The fourth-order valence-electron chi connectivity index (χ4n) is 1.72. The number of methoxy groups -OCH3 is 1. The van der Waals surface area contributed by atoms with E-state index < -0.39 is 0 Å². The van der Waals surface area contributed by atoms with Crippen LogP contribution in [0.4, 0.5) is 0 Å². The molecule has 0 unspecified atom stereocenters. The predicted octanol–water partition coefficient (Wildman–Crippen LogP) is 2.75. The number of hydrogen-bond donors (Lipinski definition) is 2. The molecule has 0 saturated heterocycles. The van der Waals surface area contributed by atoms with Crippen molar-refractivity contribution >= 4 is 15.9 Å². The van der Waals surface area contributed by atoms with Gasteiger partial charge in [-0.25, -0.2) is 0 Å². The zero-order chi connectivity index (χ0) is 13.8. The molecule has 19 heavy (non-hydrogen) atoms. The monoisotopic (exact) mass is 326 g/mol. The number of aromatic nitrogens is 1. The highest BCUT2D eigenvalue weighted by molar-refractivity contribution is 9.10. The van der Waals surface area contributed by atoms with E-state index in [1.807, 2.05) is 19.1 Å². The van der Waals surface area contributed by atoms with Crippen LogP contribution in [-0.4, -0.2) is 17.4 Å². The maximum Gasteiger partial charge on any atom is 0.172 e. The van der Waals surface area contributed by atoms with Crippen molar-refractivity contribution in [3.8, 4) is 11.5 Å². The van der Waals surface area contributed by atoms with Crippen molar-refractivity contribution in [3.05, 3.63) is 39.7 Å². The number of halogens is 1. The molecule has 0 bridgehead atoms. The summed E-state index contributed by atoms with van der Waals surface area (Å²) >= 11 is 3.29. The second-order valence-corrected chi connectivity index (χ2v) is 5.02. The number of aryl methyl sites for hydroxylation is 1. The maximum absolute atomic E-state index is 9.71. The molecular formula is C13H15BrN2O3. The third-order valence-corrected chi connectivity index (χ3v) is 3.22. The normalized spacial score (nSPS) is 10.7. The van der Waals surface area contributed by atoms with E-state index in [1.165, 1.54) is 7.11 Å². The van der Waals surface area contributed by atoms with Crippen molar-refractivity contribution in [1.29, 1.82) is 0 Å². The quantitative estimate of drug-likeness (QED) is 0.884. The van der Waals surface area contributed by atoms with Gasteiger partial charge < -0.3 is 19.7 Å². The van der Waals surface area contributed by atoms with Crippen LogP contribution in [0.2, 0.25) is 0 Å². The molecule has 1 aromatic carbocycles. The van der Waals surface area contributed by atoms with Gasteiger partial charge in [0, 0.05) is 19.2 Å². The van der Waals surface area contributed by atoms with Crippen molar-refractivity contribution < 1.29 is 14.4 Å². The highest BCUT2D eigenvalue weighted by Crippen LogP contribution is 2.35. The zero-order valence-corrected chi connectivity index (χ0v) is 12.3. The van der Waals surface area contributed by atoms with Gasteiger partial charge in [0.1, 0.15) is 5.76 Å². The van der Waals surface area contributed by atoms with Gasteiger partial charge >= 0.3 is 0 Å². The maximum atomic E-state index is 9.71. The smallest absolute Gasteiger partial charge is 0.172 e. The van der Waals surface area contributed by atoms with E-state index >= 15 is 0 Å². The van der Waals surface area contributed by atoms with E-state index in [0.717, 1.165) is 17.0 Å². The zero-order valence-electron chi connectivity index (χ0n) is 10.7. The summed E-state index contributed by atoms with van der Waals surface area (Å²) in [5.74, 6) is 1.35. The summed E-state index contributed by atoms with van der Waals surface area (Å²) in [6.07, 6.45) is 0. The van der Waals surface area contributed by atoms with Gasteiger partial charge in [-0.2, -0.15) is 0 Å². The molecule has 2 aromatic rings. The van der Waals surface area contributed by atoms with Crippen LogP contribution < -0.4 is 10.1 Å². The lowest BCUT2D eigenvalue weighted by Crippen LogP contribution is -2.13. The second-order valence-electron chi connectivity index (χ2n) is 4.16. The van der Waals surface area contributed by atoms with Crippen LogP contribution in [-0.2, 0) is 13.1 Å². The Morgan fingerprint density at radius 1 is 1.37 bits per heavy atom. The molecule has 2 rings (SSSR count). The predicted molar refractivity (Wildman–Crippen MR) is 74.1 cm³/mol. The molecule has 0 radical (unpaired) electrons. The van der Waals surface area contributed by atoms with Crippen LogP contribution in [0.15, 0.2) is 27.2 Å². The van der Waals surface area contributed by atoms with Gasteiger partial charge in [-0.1, -0.05) is 5.16 Å². The number of rotatable bonds is 5. The number of ether oxygens (including phenoxy) is 1. The third kappa shape index (κ3) is 3.48. The molecule has 0 atom stereocenters. The Hall–Kier alpha value is -1.53. The summed E-state index contributed by atoms with van der Waals surface area (Å²) in [7, 11) is 1.52. The highest BCUT2D eigenvalue weighted by atomic mass is 79.9. The van der Waals surface area contributed by atoms with Crippen LogP contribution in [0.5, 0.6) is 11.5 Å². The summed E-state index contributed by atoms with van der Waals surface area (Å²) in [6, 6.07) is 5.53. The molecule has 1 heterocycles. The summed E-state index contributed by atoms with van der Waals surface area (Å²) in [5, 5.41) is 16.9. The number of aromatic hydroxyl groups is 1. The molecule has 5 nitrogen and oxygen atoms in total. The average Bonchev–Trinajstić information content (AvgIpc) is 2.79. The summed E-state index contributed by atoms with van der Waals surface area (Å²) < 4.78 is 10.7. The lowest BCUT2D eigenvalue weighted by molar-refractivity contribution is 0.371. The number of phenolic OH excluding ortho intramolecular Hbond substituents is 1. The summed E-state index contributed by atoms with van der Waals surface area (Å²) in [5.41, 5.74) is 1.86. The van der Waals surface area contributed by atoms with Crippen LogP contribution >= 0.6 is 15.9 Å². The van der Waals surface area contributed by atoms with E-state index in [2.05, 4.69) is 26.4 Å². The lowest BCUT2D eigenvalue weighted by atomic mass is 10.2. The molecule has 0 saturated carbocycles. The molecule has 0 amide bonds. The van der Waals surface area contributed by atoms with Crippen LogP contribution in [0.3, 0.4) is 0 Å². The first-order valence-electron chi connectivity index (χ1n) is 5.78. The molecule has 0 aliphatic rings. The number of nitrogens with one attached hydrogen (secondary N) is 1. The van der Waals surface area contributed by atoms with Crippen LogP contribution in [0.25, 0.3) is 0 Å². The molecule has 0 fully saturated rings. The third-order valence-electron chi connectivity index (χ3n) is 2.62. The Kier molecular flexibility index (Phi) is 4.44. The van der Waals surface area contributed by atoms with E-state index in [-0.39, 0.29) is 5.75 Å². The van der Waals surface area contributed by atoms with Crippen molar-refractivity contribution in [2.45, 2.75) is 20.0 Å². The second kappa shape index (κ2) is 6.08. The Balaban J connectivity index is 1.98. The van der Waals surface area contributed by atoms with E-state index in [4.69, 9.17) is 9.26 Å². The van der Waals surface area contributed by atoms with Crippen molar-refractivity contribution in [2.75, 3.05) is 7.11 Å². The number of nitrogens with zero attached hydrogens (tertiary/aromatic N) is 1. The molecule has 6 heteroatoms. The Morgan fingerprint density at radius 3 is 2.79 bits per heavy atom. The minimum absolute atomic E-state index is 0.110. The standard InChI is InChI=1S/C13H15BrN2O3/c1-8-3-10(16-19-8)7-15-6-9-4-11(14)13(17)12(5-9)18-2/h3-5,15,17H,6-7H2,1-2H3. The van der Waals surface area contributed by atoms with Gasteiger partial charge in [0.2, 0.25) is 0 Å². The van der Waals surface area contributed by atoms with E-state index in [0.29, 0.717) is 23.3 Å². The minimum Gasteiger partial charge on any atom is -0.503 e. The molecule has 0 spiro atoms. The van der Waals surface area contributed by atoms with Gasteiger partial charge in [-0.05, 0) is 40.5 Å². The fourth-order valence-corrected chi connectivity index (χ4v) is 2.21. The van der Waals surface area contributed by atoms with E-state index in [1.54, 1.807) is 6.07 Å². The topological polar surface area (TPSA) is 67.5 Å². The van der Waals surface area contributed by atoms with Crippen LogP contribution in [0.1, 0.15) is 17.0 Å². The molecule has 0 aliphatic carbocycles. The Bertz CT molecular complexity index is 569. The highest BCUT2D eigenvalue weighted by Gasteiger charge is 2.08. The van der Waals surface area contributed by atoms with Crippen molar-refractivity contribution in [3.63, 3.8) is 0 Å². The number of hydrogen-bond acceptors (Lipinski definition) is 5. The average molecular weight is 327 g/mol.